The summed E-state index contributed by atoms with van der Waals surface area (Å²) in [5.41, 5.74) is 0.191. The third-order valence-electron chi connectivity index (χ3n) is 4.44. The lowest BCUT2D eigenvalue weighted by molar-refractivity contribution is -0.130. The van der Waals surface area contributed by atoms with E-state index in [1.807, 2.05) is 13.8 Å². The molecular formula is C19H30N2O4S. The Hall–Kier alpha value is -1.73. The highest BCUT2D eigenvalue weighted by molar-refractivity contribution is 7.89. The fourth-order valence-corrected chi connectivity index (χ4v) is 3.97. The number of carbonyl (C=O) groups is 2. The van der Waals surface area contributed by atoms with E-state index < -0.39 is 15.4 Å². The van der Waals surface area contributed by atoms with Crippen molar-refractivity contribution in [1.29, 1.82) is 0 Å². The summed E-state index contributed by atoms with van der Waals surface area (Å²) in [6.45, 7) is 9.90. The molecule has 0 aliphatic rings. The Kier molecular flexibility index (Phi) is 7.96. The number of carbonyl (C=O) groups excluding carboxylic acids is 2. The molecule has 0 aliphatic heterocycles. The fraction of sp³-hybridized carbons (Fsp3) is 0.579. The molecule has 0 unspecified atom stereocenters. The highest BCUT2D eigenvalue weighted by Crippen LogP contribution is 2.23. The number of hydrogen-bond acceptors (Lipinski definition) is 4. The number of hydrogen-bond donors (Lipinski definition) is 1. The Morgan fingerprint density at radius 2 is 1.62 bits per heavy atom. The second-order valence-corrected chi connectivity index (χ2v) is 8.94. The number of Topliss-reactive ketones (excluding diaryl/α,β-unsaturated/α-hetero) is 1. The normalized spacial score (nSPS) is 12.2. The molecule has 6 nitrogen and oxygen atoms in total. The average molecular weight is 383 g/mol. The van der Waals surface area contributed by atoms with Crippen molar-refractivity contribution >= 4 is 21.7 Å². The first kappa shape index (κ1) is 22.3. The summed E-state index contributed by atoms with van der Waals surface area (Å²) in [5.74, 6) is -0.0607. The highest BCUT2D eigenvalue weighted by atomic mass is 32.2. The third-order valence-corrected chi connectivity index (χ3v) is 6.50. The summed E-state index contributed by atoms with van der Waals surface area (Å²) in [4.78, 5) is 23.7. The quantitative estimate of drug-likeness (QED) is 0.674. The SMILES string of the molecule is CCN(CC)S(=O)(=O)c1ccc(CNC(=O)C(C)(C)CCC(C)=O)cc1. The van der Waals surface area contributed by atoms with Gasteiger partial charge in [0.25, 0.3) is 0 Å². The molecular weight excluding hydrogens is 352 g/mol. The third kappa shape index (κ3) is 5.92. The number of benzene rings is 1. The van der Waals surface area contributed by atoms with Crippen molar-refractivity contribution in [2.24, 2.45) is 5.41 Å². The van der Waals surface area contributed by atoms with Crippen LogP contribution in [0.1, 0.15) is 53.0 Å². The van der Waals surface area contributed by atoms with Gasteiger partial charge in [-0.2, -0.15) is 4.31 Å². The van der Waals surface area contributed by atoms with Crippen molar-refractivity contribution in [3.8, 4) is 0 Å². The van der Waals surface area contributed by atoms with Gasteiger partial charge in [-0.25, -0.2) is 8.42 Å². The Labute approximate surface area is 157 Å². The number of sulfonamides is 1. The molecule has 1 amide bonds. The number of nitrogens with one attached hydrogen (secondary N) is 1. The van der Waals surface area contributed by atoms with Crippen LogP contribution in [-0.4, -0.2) is 37.5 Å². The molecule has 1 aromatic rings. The largest absolute Gasteiger partial charge is 0.352 e. The Balaban J connectivity index is 2.73. The van der Waals surface area contributed by atoms with Crippen molar-refractivity contribution < 1.29 is 18.0 Å². The zero-order valence-electron chi connectivity index (χ0n) is 16.3. The van der Waals surface area contributed by atoms with Crippen LogP contribution in [0.25, 0.3) is 0 Å². The van der Waals surface area contributed by atoms with Crippen molar-refractivity contribution in [1.82, 2.24) is 9.62 Å². The van der Waals surface area contributed by atoms with Crippen LogP contribution in [0.3, 0.4) is 0 Å². The van der Waals surface area contributed by atoms with Gasteiger partial charge >= 0.3 is 0 Å². The first-order chi connectivity index (χ1) is 12.0. The second kappa shape index (κ2) is 9.28. The lowest BCUT2D eigenvalue weighted by atomic mass is 9.86. The van der Waals surface area contributed by atoms with Gasteiger partial charge in [0.2, 0.25) is 15.9 Å². The summed E-state index contributed by atoms with van der Waals surface area (Å²) in [7, 11) is -3.47. The van der Waals surface area contributed by atoms with E-state index in [0.717, 1.165) is 5.56 Å². The van der Waals surface area contributed by atoms with Crippen LogP contribution in [0, 0.1) is 5.41 Å². The first-order valence-electron chi connectivity index (χ1n) is 8.91. The van der Waals surface area contributed by atoms with Crippen LogP contribution < -0.4 is 5.32 Å². The number of nitrogens with zero attached hydrogens (tertiary/aromatic N) is 1. The number of ketones is 1. The predicted octanol–water partition coefficient (Wildman–Crippen LogP) is 2.73. The molecule has 0 aromatic heterocycles. The lowest BCUT2D eigenvalue weighted by Crippen LogP contribution is -2.36. The van der Waals surface area contributed by atoms with Crippen molar-refractivity contribution in [2.45, 2.75) is 58.9 Å². The second-order valence-electron chi connectivity index (χ2n) is 7.00. The van der Waals surface area contributed by atoms with E-state index in [9.17, 15) is 18.0 Å². The molecule has 0 saturated carbocycles. The average Bonchev–Trinajstić information content (AvgIpc) is 2.59. The summed E-state index contributed by atoms with van der Waals surface area (Å²) >= 11 is 0. The zero-order chi connectivity index (χ0) is 20.0. The van der Waals surface area contributed by atoms with Crippen LogP contribution in [0.5, 0.6) is 0 Å². The standard InChI is InChI=1S/C19H30N2O4S/c1-6-21(7-2)26(24,25)17-10-8-16(9-11-17)14-20-18(23)19(4,5)13-12-15(3)22/h8-11H,6-7,12-14H2,1-5H3,(H,20,23). The molecule has 0 heterocycles. The van der Waals surface area contributed by atoms with Gasteiger partial charge in [0.15, 0.2) is 0 Å². The van der Waals surface area contributed by atoms with Crippen molar-refractivity contribution in [3.05, 3.63) is 29.8 Å². The minimum atomic E-state index is -3.47. The van der Waals surface area contributed by atoms with E-state index in [4.69, 9.17) is 0 Å². The summed E-state index contributed by atoms with van der Waals surface area (Å²) in [5, 5.41) is 2.86. The highest BCUT2D eigenvalue weighted by Gasteiger charge is 2.27. The molecule has 0 fully saturated rings. The van der Waals surface area contributed by atoms with Gasteiger partial charge in [-0.3, -0.25) is 4.79 Å². The van der Waals surface area contributed by atoms with Crippen LogP contribution >= 0.6 is 0 Å². The molecule has 26 heavy (non-hydrogen) atoms. The maximum absolute atomic E-state index is 12.5. The van der Waals surface area contributed by atoms with Crippen LogP contribution in [0.2, 0.25) is 0 Å². The van der Waals surface area contributed by atoms with Gasteiger partial charge in [-0.1, -0.05) is 39.8 Å². The van der Waals surface area contributed by atoms with Gasteiger partial charge in [-0.05, 0) is 31.0 Å². The number of rotatable bonds is 10. The van der Waals surface area contributed by atoms with Crippen molar-refractivity contribution in [2.75, 3.05) is 13.1 Å². The van der Waals surface area contributed by atoms with Gasteiger partial charge in [0.05, 0.1) is 4.90 Å². The fourth-order valence-electron chi connectivity index (χ4n) is 2.52. The monoisotopic (exact) mass is 382 g/mol. The van der Waals surface area contributed by atoms with Crippen LogP contribution in [0.4, 0.5) is 0 Å². The lowest BCUT2D eigenvalue weighted by Gasteiger charge is -2.23. The Morgan fingerprint density at radius 1 is 1.08 bits per heavy atom. The van der Waals surface area contributed by atoms with Gasteiger partial charge in [0, 0.05) is 31.5 Å². The number of amides is 1. The smallest absolute Gasteiger partial charge is 0.243 e. The van der Waals surface area contributed by atoms with Gasteiger partial charge < -0.3 is 10.1 Å². The van der Waals surface area contributed by atoms with Gasteiger partial charge in [-0.15, -0.1) is 0 Å². The summed E-state index contributed by atoms with van der Waals surface area (Å²) < 4.78 is 26.3. The molecule has 0 saturated heterocycles. The maximum atomic E-state index is 12.5. The van der Waals surface area contributed by atoms with E-state index in [1.54, 1.807) is 38.1 Å². The van der Waals surface area contributed by atoms with Gasteiger partial charge in [0.1, 0.15) is 5.78 Å². The maximum Gasteiger partial charge on any atom is 0.243 e. The van der Waals surface area contributed by atoms with E-state index >= 15 is 0 Å². The summed E-state index contributed by atoms with van der Waals surface area (Å²) in [6, 6.07) is 6.55. The minimum Gasteiger partial charge on any atom is -0.352 e. The molecule has 0 radical (unpaired) electrons. The van der Waals surface area contributed by atoms with E-state index in [0.29, 0.717) is 32.5 Å². The molecule has 0 aliphatic carbocycles. The first-order valence-corrected chi connectivity index (χ1v) is 10.4. The van der Waals surface area contributed by atoms with E-state index in [-0.39, 0.29) is 16.6 Å². The molecule has 0 atom stereocenters. The molecule has 7 heteroatoms. The minimum absolute atomic E-state index is 0.0656. The molecule has 0 bridgehead atoms. The van der Waals surface area contributed by atoms with Crippen LogP contribution in [-0.2, 0) is 26.2 Å². The van der Waals surface area contributed by atoms with E-state index in [2.05, 4.69) is 5.32 Å². The Bertz CT molecular complexity index is 720. The molecule has 1 aromatic carbocycles. The zero-order valence-corrected chi connectivity index (χ0v) is 17.1. The summed E-state index contributed by atoms with van der Waals surface area (Å²) in [6.07, 6.45) is 0.869. The molecule has 1 N–H and O–H groups in total. The molecule has 146 valence electrons. The molecule has 0 spiro atoms. The van der Waals surface area contributed by atoms with Crippen molar-refractivity contribution in [3.63, 3.8) is 0 Å². The van der Waals surface area contributed by atoms with E-state index in [1.165, 1.54) is 11.2 Å². The molecule has 1 rings (SSSR count). The Morgan fingerprint density at radius 3 is 2.08 bits per heavy atom. The van der Waals surface area contributed by atoms with Crippen LogP contribution in [0.15, 0.2) is 29.2 Å². The topological polar surface area (TPSA) is 83.6 Å². The predicted molar refractivity (Wildman–Crippen MR) is 102 cm³/mol.